The maximum Gasteiger partial charge on any atom is 0.223 e. The molecular formula is C19H25N2O4-. The van der Waals surface area contributed by atoms with E-state index in [0.717, 1.165) is 31.4 Å². The quantitative estimate of drug-likeness (QED) is 0.865. The van der Waals surface area contributed by atoms with E-state index < -0.39 is 11.4 Å². The molecule has 1 N–H and O–H groups in total. The third-order valence-corrected chi connectivity index (χ3v) is 5.56. The Kier molecular flexibility index (Phi) is 5.16. The van der Waals surface area contributed by atoms with Crippen LogP contribution in [-0.2, 0) is 9.59 Å². The van der Waals surface area contributed by atoms with Gasteiger partial charge in [0.1, 0.15) is 5.75 Å². The Morgan fingerprint density at radius 2 is 1.68 bits per heavy atom. The van der Waals surface area contributed by atoms with Gasteiger partial charge in [-0.15, -0.1) is 0 Å². The predicted octanol–water partition coefficient (Wildman–Crippen LogP) is 1.13. The lowest BCUT2D eigenvalue weighted by molar-refractivity contribution is -0.308. The van der Waals surface area contributed by atoms with Gasteiger partial charge in [-0.3, -0.25) is 4.79 Å². The summed E-state index contributed by atoms with van der Waals surface area (Å²) in [5.41, 5.74) is 0.379. The zero-order chi connectivity index (χ0) is 17.9. The number of hydrogen-bond acceptors (Lipinski definition) is 5. The summed E-state index contributed by atoms with van der Waals surface area (Å²) >= 11 is 0. The summed E-state index contributed by atoms with van der Waals surface area (Å²) in [6, 6.07) is 7.21. The second kappa shape index (κ2) is 7.33. The van der Waals surface area contributed by atoms with Crippen LogP contribution in [0.4, 0.5) is 5.69 Å². The number of carboxylic acids is 1. The fourth-order valence-corrected chi connectivity index (χ4v) is 4.21. The smallest absolute Gasteiger partial charge is 0.223 e. The van der Waals surface area contributed by atoms with Gasteiger partial charge in [-0.25, -0.2) is 0 Å². The van der Waals surface area contributed by atoms with Gasteiger partial charge in [0.15, 0.2) is 0 Å². The number of anilines is 1. The molecule has 6 nitrogen and oxygen atoms in total. The van der Waals surface area contributed by atoms with Crippen molar-refractivity contribution < 1.29 is 19.8 Å². The minimum atomic E-state index is -1.06. The molecule has 1 heterocycles. The van der Waals surface area contributed by atoms with E-state index in [-0.39, 0.29) is 18.1 Å². The van der Waals surface area contributed by atoms with Crippen LogP contribution >= 0.6 is 0 Å². The normalized spacial score (nSPS) is 19.8. The number of carbonyl (C=O) groups excluding carboxylic acids is 2. The number of phenolic OH excluding ortho intramolecular Hbond substituents is 1. The number of phenols is 1. The third-order valence-electron chi connectivity index (χ3n) is 5.56. The van der Waals surface area contributed by atoms with Crippen molar-refractivity contribution in [3.63, 3.8) is 0 Å². The first kappa shape index (κ1) is 17.6. The van der Waals surface area contributed by atoms with Gasteiger partial charge in [0.2, 0.25) is 5.91 Å². The van der Waals surface area contributed by atoms with Gasteiger partial charge in [-0.05, 0) is 36.8 Å². The summed E-state index contributed by atoms with van der Waals surface area (Å²) in [7, 11) is 0. The van der Waals surface area contributed by atoms with Crippen molar-refractivity contribution in [3.8, 4) is 5.75 Å². The van der Waals surface area contributed by atoms with Crippen LogP contribution in [0.1, 0.15) is 38.5 Å². The monoisotopic (exact) mass is 345 g/mol. The van der Waals surface area contributed by atoms with Crippen LogP contribution in [0.15, 0.2) is 24.3 Å². The molecule has 0 atom stereocenters. The van der Waals surface area contributed by atoms with Crippen molar-refractivity contribution >= 4 is 17.6 Å². The molecule has 2 aliphatic rings. The van der Waals surface area contributed by atoms with Crippen molar-refractivity contribution in [2.75, 3.05) is 31.1 Å². The molecule has 3 rings (SSSR count). The molecule has 1 aliphatic carbocycles. The van der Waals surface area contributed by atoms with Crippen LogP contribution in [0.25, 0.3) is 0 Å². The Hall–Kier alpha value is -2.24. The molecule has 1 aromatic rings. The van der Waals surface area contributed by atoms with Gasteiger partial charge in [0.25, 0.3) is 0 Å². The van der Waals surface area contributed by atoms with Crippen molar-refractivity contribution in [1.29, 1.82) is 0 Å². The minimum Gasteiger partial charge on any atom is -0.550 e. The molecule has 0 bridgehead atoms. The summed E-state index contributed by atoms with van der Waals surface area (Å²) < 4.78 is 0. The molecule has 136 valence electrons. The van der Waals surface area contributed by atoms with E-state index in [1.54, 1.807) is 12.1 Å². The molecule has 0 spiro atoms. The highest BCUT2D eigenvalue weighted by Gasteiger charge is 2.37. The Balaban J connectivity index is 1.58. The molecule has 2 fully saturated rings. The second-order valence-corrected chi connectivity index (χ2v) is 7.29. The average molecular weight is 345 g/mol. The van der Waals surface area contributed by atoms with E-state index in [9.17, 15) is 19.8 Å². The Morgan fingerprint density at radius 3 is 2.28 bits per heavy atom. The first-order valence-corrected chi connectivity index (χ1v) is 9.00. The molecule has 1 saturated carbocycles. The van der Waals surface area contributed by atoms with E-state index in [1.165, 1.54) is 0 Å². The molecule has 1 amide bonds. The van der Waals surface area contributed by atoms with E-state index >= 15 is 0 Å². The highest BCUT2D eigenvalue weighted by molar-refractivity contribution is 5.78. The fourth-order valence-electron chi connectivity index (χ4n) is 4.21. The summed E-state index contributed by atoms with van der Waals surface area (Å²) in [4.78, 5) is 27.7. The van der Waals surface area contributed by atoms with E-state index in [0.29, 0.717) is 32.6 Å². The number of aliphatic carboxylic acids is 1. The number of rotatable bonds is 5. The van der Waals surface area contributed by atoms with Crippen molar-refractivity contribution in [1.82, 2.24) is 4.90 Å². The molecule has 1 saturated heterocycles. The van der Waals surface area contributed by atoms with Crippen LogP contribution in [-0.4, -0.2) is 48.1 Å². The first-order valence-electron chi connectivity index (χ1n) is 9.00. The van der Waals surface area contributed by atoms with Crippen LogP contribution in [0.5, 0.6) is 5.75 Å². The topological polar surface area (TPSA) is 83.9 Å². The molecule has 25 heavy (non-hydrogen) atoms. The van der Waals surface area contributed by atoms with Crippen molar-refractivity contribution in [2.45, 2.75) is 38.5 Å². The number of hydrogen-bond donors (Lipinski definition) is 1. The Bertz CT molecular complexity index is 632. The van der Waals surface area contributed by atoms with Gasteiger partial charge in [0.05, 0.1) is 5.69 Å². The number of amides is 1. The Labute approximate surface area is 148 Å². The van der Waals surface area contributed by atoms with Gasteiger partial charge in [-0.2, -0.15) is 0 Å². The summed E-state index contributed by atoms with van der Waals surface area (Å²) in [5, 5.41) is 21.0. The first-order chi connectivity index (χ1) is 12.0. The zero-order valence-corrected chi connectivity index (χ0v) is 14.4. The number of carboxylic acid groups (broad SMARTS) is 1. The van der Waals surface area contributed by atoms with Crippen molar-refractivity contribution in [2.24, 2.45) is 5.41 Å². The highest BCUT2D eigenvalue weighted by atomic mass is 16.4. The van der Waals surface area contributed by atoms with Crippen molar-refractivity contribution in [3.05, 3.63) is 24.3 Å². The van der Waals surface area contributed by atoms with Gasteiger partial charge >= 0.3 is 0 Å². The molecule has 0 radical (unpaired) electrons. The molecule has 1 aromatic carbocycles. The minimum absolute atomic E-state index is 0.0173. The second-order valence-electron chi connectivity index (χ2n) is 7.29. The lowest BCUT2D eigenvalue weighted by Crippen LogP contribution is -2.50. The Morgan fingerprint density at radius 1 is 1.04 bits per heavy atom. The van der Waals surface area contributed by atoms with Crippen LogP contribution < -0.4 is 10.0 Å². The zero-order valence-electron chi connectivity index (χ0n) is 14.4. The fraction of sp³-hybridized carbons (Fsp3) is 0.579. The number of para-hydroxylation sites is 2. The number of nitrogens with zero attached hydrogens (tertiary/aromatic N) is 2. The maximum absolute atomic E-state index is 12.7. The van der Waals surface area contributed by atoms with Crippen LogP contribution in [0, 0.1) is 5.41 Å². The number of benzene rings is 1. The van der Waals surface area contributed by atoms with Gasteiger partial charge in [-0.1, -0.05) is 25.0 Å². The maximum atomic E-state index is 12.7. The molecular weight excluding hydrogens is 320 g/mol. The van der Waals surface area contributed by atoms with Crippen LogP contribution in [0.2, 0.25) is 0 Å². The van der Waals surface area contributed by atoms with Gasteiger partial charge in [0, 0.05) is 38.6 Å². The van der Waals surface area contributed by atoms with Crippen LogP contribution in [0.3, 0.4) is 0 Å². The summed E-state index contributed by atoms with van der Waals surface area (Å²) in [6.45, 7) is 2.51. The molecule has 1 aliphatic heterocycles. The lowest BCUT2D eigenvalue weighted by atomic mass is 9.79. The largest absolute Gasteiger partial charge is 0.550 e. The van der Waals surface area contributed by atoms with E-state index in [1.807, 2.05) is 17.0 Å². The van der Waals surface area contributed by atoms with E-state index in [4.69, 9.17) is 0 Å². The predicted molar refractivity (Wildman–Crippen MR) is 92.0 cm³/mol. The number of carbonyl (C=O) groups is 2. The number of piperazine rings is 1. The average Bonchev–Trinajstić information content (AvgIpc) is 3.02. The lowest BCUT2D eigenvalue weighted by Gasteiger charge is -2.38. The standard InChI is InChI=1S/C19H26N2O4/c22-16-6-2-1-5-15(16)20-9-11-21(12-10-20)17(23)13-19(14-18(24)25)7-3-4-8-19/h1-2,5-6,22H,3-4,7-14H2,(H,24,25)/p-1. The summed E-state index contributed by atoms with van der Waals surface area (Å²) in [6.07, 6.45) is 3.85. The molecule has 6 heteroatoms. The number of aromatic hydroxyl groups is 1. The molecule has 0 unspecified atom stereocenters. The highest BCUT2D eigenvalue weighted by Crippen LogP contribution is 2.44. The SMILES string of the molecule is O=C([O-])CC1(CC(=O)N2CCN(c3ccccc3O)CC2)CCCC1. The third kappa shape index (κ3) is 4.06. The summed E-state index contributed by atoms with van der Waals surface area (Å²) in [5.74, 6) is -0.764. The van der Waals surface area contributed by atoms with E-state index in [2.05, 4.69) is 4.90 Å². The van der Waals surface area contributed by atoms with Gasteiger partial charge < -0.3 is 24.8 Å². The molecule has 0 aromatic heterocycles.